The van der Waals surface area contributed by atoms with Gasteiger partial charge in [0.2, 0.25) is 5.91 Å². The highest BCUT2D eigenvalue weighted by Gasteiger charge is 2.33. The first-order chi connectivity index (χ1) is 10.0. The van der Waals surface area contributed by atoms with Gasteiger partial charge in [-0.15, -0.1) is 0 Å². The number of benzene rings is 1. The summed E-state index contributed by atoms with van der Waals surface area (Å²) in [7, 11) is 0. The normalized spacial score (nSPS) is 22.1. The third-order valence-corrected chi connectivity index (χ3v) is 3.75. The standard InChI is InChI=1S/C15H20F2N2O2/c1-15(8-4-5-9-19-15)13(20)18-10-11-6-2-3-7-12(11)21-14(16)17/h2-3,6-7,14,19H,4-5,8-10H2,1H3,(H,18,20). The first-order valence-electron chi connectivity index (χ1n) is 7.07. The van der Waals surface area contributed by atoms with Crippen LogP contribution in [0.2, 0.25) is 0 Å². The Kier molecular flexibility index (Phi) is 5.12. The van der Waals surface area contributed by atoms with Crippen LogP contribution < -0.4 is 15.4 Å². The van der Waals surface area contributed by atoms with E-state index in [0.717, 1.165) is 25.8 Å². The third-order valence-electron chi connectivity index (χ3n) is 3.75. The zero-order valence-electron chi connectivity index (χ0n) is 12.0. The van der Waals surface area contributed by atoms with Gasteiger partial charge in [-0.05, 0) is 38.8 Å². The van der Waals surface area contributed by atoms with Gasteiger partial charge in [-0.1, -0.05) is 18.2 Å². The maximum absolute atomic E-state index is 12.3. The monoisotopic (exact) mass is 298 g/mol. The van der Waals surface area contributed by atoms with Gasteiger partial charge in [0.15, 0.2) is 0 Å². The number of hydrogen-bond acceptors (Lipinski definition) is 3. The lowest BCUT2D eigenvalue weighted by atomic mass is 9.90. The van der Waals surface area contributed by atoms with E-state index in [1.165, 1.54) is 6.07 Å². The molecule has 4 nitrogen and oxygen atoms in total. The van der Waals surface area contributed by atoms with Gasteiger partial charge in [0.25, 0.3) is 0 Å². The fraction of sp³-hybridized carbons (Fsp3) is 0.533. The van der Waals surface area contributed by atoms with E-state index in [0.29, 0.717) is 5.56 Å². The van der Waals surface area contributed by atoms with Crippen molar-refractivity contribution in [3.05, 3.63) is 29.8 Å². The van der Waals surface area contributed by atoms with Crippen molar-refractivity contribution in [1.29, 1.82) is 0 Å². The van der Waals surface area contributed by atoms with E-state index in [9.17, 15) is 13.6 Å². The minimum Gasteiger partial charge on any atom is -0.434 e. The van der Waals surface area contributed by atoms with Gasteiger partial charge in [0, 0.05) is 12.1 Å². The number of piperidine rings is 1. The number of hydrogen-bond donors (Lipinski definition) is 2. The highest BCUT2D eigenvalue weighted by molar-refractivity contribution is 5.86. The molecule has 1 aromatic carbocycles. The van der Waals surface area contributed by atoms with E-state index in [1.807, 2.05) is 6.92 Å². The first-order valence-corrected chi connectivity index (χ1v) is 7.07. The zero-order valence-corrected chi connectivity index (χ0v) is 12.0. The molecule has 0 aromatic heterocycles. The number of rotatable bonds is 5. The molecule has 0 saturated carbocycles. The summed E-state index contributed by atoms with van der Waals surface area (Å²) in [6.45, 7) is -0.0313. The van der Waals surface area contributed by atoms with Crippen LogP contribution in [0.1, 0.15) is 31.7 Å². The number of amides is 1. The van der Waals surface area contributed by atoms with Gasteiger partial charge in [-0.3, -0.25) is 4.79 Å². The molecular formula is C15H20F2N2O2. The maximum Gasteiger partial charge on any atom is 0.387 e. The van der Waals surface area contributed by atoms with Crippen LogP contribution in [0.25, 0.3) is 0 Å². The molecule has 0 spiro atoms. The molecule has 1 atom stereocenters. The molecule has 1 aromatic rings. The Morgan fingerprint density at radius 3 is 2.86 bits per heavy atom. The summed E-state index contributed by atoms with van der Waals surface area (Å²) < 4.78 is 29.1. The number of carbonyl (C=O) groups excluding carboxylic acids is 1. The van der Waals surface area contributed by atoms with Gasteiger partial charge in [0.1, 0.15) is 5.75 Å². The molecule has 1 unspecified atom stereocenters. The molecule has 2 rings (SSSR count). The Morgan fingerprint density at radius 1 is 1.43 bits per heavy atom. The summed E-state index contributed by atoms with van der Waals surface area (Å²) in [5, 5.41) is 6.01. The van der Waals surface area contributed by atoms with Gasteiger partial charge in [-0.25, -0.2) is 0 Å². The van der Waals surface area contributed by atoms with Crippen LogP contribution in [0.5, 0.6) is 5.75 Å². The lowest BCUT2D eigenvalue weighted by molar-refractivity contribution is -0.128. The van der Waals surface area contributed by atoms with Crippen LogP contribution in [0.4, 0.5) is 8.78 Å². The second kappa shape index (κ2) is 6.85. The van der Waals surface area contributed by atoms with Gasteiger partial charge in [-0.2, -0.15) is 8.78 Å². The predicted molar refractivity (Wildman–Crippen MR) is 75.2 cm³/mol. The zero-order chi connectivity index (χ0) is 15.3. The van der Waals surface area contributed by atoms with Gasteiger partial charge < -0.3 is 15.4 Å². The van der Waals surface area contributed by atoms with Crippen molar-refractivity contribution in [3.63, 3.8) is 0 Å². The summed E-state index contributed by atoms with van der Waals surface area (Å²) in [5.41, 5.74) is -0.0536. The van der Waals surface area contributed by atoms with E-state index < -0.39 is 12.2 Å². The molecule has 0 aliphatic carbocycles. The lowest BCUT2D eigenvalue weighted by Crippen LogP contribution is -2.56. The highest BCUT2D eigenvalue weighted by Crippen LogP contribution is 2.22. The second-order valence-corrected chi connectivity index (χ2v) is 5.38. The van der Waals surface area contributed by atoms with Crippen molar-refractivity contribution in [2.24, 2.45) is 0 Å². The van der Waals surface area contributed by atoms with E-state index in [4.69, 9.17) is 0 Å². The topological polar surface area (TPSA) is 50.4 Å². The molecule has 1 fully saturated rings. The molecule has 1 aliphatic rings. The van der Waals surface area contributed by atoms with E-state index >= 15 is 0 Å². The number of para-hydroxylation sites is 1. The maximum atomic E-state index is 12.3. The SMILES string of the molecule is CC1(C(=O)NCc2ccccc2OC(F)F)CCCCN1. The van der Waals surface area contributed by atoms with Crippen molar-refractivity contribution in [2.45, 2.75) is 44.9 Å². The average Bonchev–Trinajstić information content (AvgIpc) is 2.46. The molecular weight excluding hydrogens is 278 g/mol. The van der Waals surface area contributed by atoms with Crippen molar-refractivity contribution in [2.75, 3.05) is 6.54 Å². The van der Waals surface area contributed by atoms with Crippen LogP contribution in [-0.4, -0.2) is 24.6 Å². The average molecular weight is 298 g/mol. The smallest absolute Gasteiger partial charge is 0.387 e. The Balaban J connectivity index is 1.98. The molecule has 1 aliphatic heterocycles. The molecule has 1 saturated heterocycles. The van der Waals surface area contributed by atoms with E-state index in [2.05, 4.69) is 15.4 Å². The Bertz CT molecular complexity index is 488. The van der Waals surface area contributed by atoms with Crippen molar-refractivity contribution >= 4 is 5.91 Å². The summed E-state index contributed by atoms with van der Waals surface area (Å²) in [4.78, 5) is 12.3. The second-order valence-electron chi connectivity index (χ2n) is 5.38. The fourth-order valence-electron chi connectivity index (χ4n) is 2.48. The van der Waals surface area contributed by atoms with E-state index in [-0.39, 0.29) is 18.2 Å². The van der Waals surface area contributed by atoms with Crippen LogP contribution in [0.15, 0.2) is 24.3 Å². The summed E-state index contributed by atoms with van der Waals surface area (Å²) in [6, 6.07) is 6.47. The Labute approximate surface area is 122 Å². The summed E-state index contributed by atoms with van der Waals surface area (Å²) in [5.74, 6) is -0.0244. The van der Waals surface area contributed by atoms with Gasteiger partial charge >= 0.3 is 6.61 Å². The minimum atomic E-state index is -2.88. The minimum absolute atomic E-state index is 0.0922. The highest BCUT2D eigenvalue weighted by atomic mass is 19.3. The number of halogens is 2. The van der Waals surface area contributed by atoms with Crippen LogP contribution in [0, 0.1) is 0 Å². The largest absolute Gasteiger partial charge is 0.434 e. The van der Waals surface area contributed by atoms with Crippen molar-refractivity contribution < 1.29 is 18.3 Å². The predicted octanol–water partition coefficient (Wildman–Crippen LogP) is 2.44. The molecule has 1 heterocycles. The molecule has 2 N–H and O–H groups in total. The molecule has 1 amide bonds. The van der Waals surface area contributed by atoms with Crippen molar-refractivity contribution in [3.8, 4) is 5.75 Å². The van der Waals surface area contributed by atoms with E-state index in [1.54, 1.807) is 18.2 Å². The number of ether oxygens (including phenoxy) is 1. The number of carbonyl (C=O) groups is 1. The first kappa shape index (κ1) is 15.7. The molecule has 116 valence electrons. The third kappa shape index (κ3) is 4.14. The molecule has 0 bridgehead atoms. The number of alkyl halides is 2. The molecule has 21 heavy (non-hydrogen) atoms. The number of nitrogens with one attached hydrogen (secondary N) is 2. The van der Waals surface area contributed by atoms with Crippen LogP contribution >= 0.6 is 0 Å². The Hall–Kier alpha value is -1.69. The van der Waals surface area contributed by atoms with Crippen LogP contribution in [-0.2, 0) is 11.3 Å². The lowest BCUT2D eigenvalue weighted by Gasteiger charge is -2.33. The van der Waals surface area contributed by atoms with Gasteiger partial charge in [0.05, 0.1) is 5.54 Å². The van der Waals surface area contributed by atoms with Crippen LogP contribution in [0.3, 0.4) is 0 Å². The summed E-state index contributed by atoms with van der Waals surface area (Å²) >= 11 is 0. The molecule has 6 heteroatoms. The van der Waals surface area contributed by atoms with Crippen molar-refractivity contribution in [1.82, 2.24) is 10.6 Å². The Morgan fingerprint density at radius 2 is 2.19 bits per heavy atom. The molecule has 0 radical (unpaired) electrons. The fourth-order valence-corrected chi connectivity index (χ4v) is 2.48. The summed E-state index contributed by atoms with van der Waals surface area (Å²) in [6.07, 6.45) is 2.84. The quantitative estimate of drug-likeness (QED) is 0.878.